The van der Waals surface area contributed by atoms with Gasteiger partial charge in [-0.05, 0) is 55.5 Å². The molecular formula is C21H21N3O3. The number of carbonyl (C=O) groups excluding carboxylic acids is 1. The first-order chi connectivity index (χ1) is 13.2. The Morgan fingerprint density at radius 3 is 2.56 bits per heavy atom. The van der Waals surface area contributed by atoms with E-state index in [4.69, 9.17) is 9.15 Å². The van der Waals surface area contributed by atoms with Gasteiger partial charge in [0.15, 0.2) is 6.61 Å². The van der Waals surface area contributed by atoms with Crippen molar-refractivity contribution in [2.24, 2.45) is 5.92 Å². The molecule has 6 heteroatoms. The van der Waals surface area contributed by atoms with Crippen molar-refractivity contribution in [1.82, 2.24) is 15.5 Å². The summed E-state index contributed by atoms with van der Waals surface area (Å²) in [4.78, 5) is 12.4. The van der Waals surface area contributed by atoms with E-state index in [2.05, 4.69) is 46.7 Å². The molecule has 1 amide bonds. The number of benzene rings is 2. The predicted molar refractivity (Wildman–Crippen MR) is 100 cm³/mol. The largest absolute Gasteiger partial charge is 0.484 e. The Balaban J connectivity index is 1.34. The molecule has 2 aromatic carbocycles. The molecule has 1 aromatic heterocycles. The smallest absolute Gasteiger partial charge is 0.258 e. The van der Waals surface area contributed by atoms with Crippen molar-refractivity contribution in [3.63, 3.8) is 0 Å². The van der Waals surface area contributed by atoms with Crippen molar-refractivity contribution >= 4 is 5.91 Å². The number of nitrogens with zero attached hydrogens (tertiary/aromatic N) is 2. The zero-order valence-electron chi connectivity index (χ0n) is 15.1. The molecule has 1 aliphatic carbocycles. The molecule has 1 unspecified atom stereocenters. The van der Waals surface area contributed by atoms with E-state index in [0.29, 0.717) is 17.6 Å². The van der Waals surface area contributed by atoms with Gasteiger partial charge in [0.05, 0.1) is 6.04 Å². The second-order valence-electron chi connectivity index (χ2n) is 6.85. The quantitative estimate of drug-likeness (QED) is 0.693. The number of hydrogen-bond donors (Lipinski definition) is 1. The Morgan fingerprint density at radius 2 is 1.93 bits per heavy atom. The minimum absolute atomic E-state index is 0.0189. The molecule has 27 heavy (non-hydrogen) atoms. The van der Waals surface area contributed by atoms with Crippen LogP contribution in [0.1, 0.15) is 30.0 Å². The SMILES string of the molecule is Cc1ccc(C(NC(=O)COc2ccc(-c3nnco3)cc2)C2CC2)cc1. The summed E-state index contributed by atoms with van der Waals surface area (Å²) in [5.74, 6) is 1.47. The van der Waals surface area contributed by atoms with E-state index in [0.717, 1.165) is 24.0 Å². The van der Waals surface area contributed by atoms with E-state index in [9.17, 15) is 4.79 Å². The summed E-state index contributed by atoms with van der Waals surface area (Å²) in [6.07, 6.45) is 3.59. The number of carbonyl (C=O) groups is 1. The lowest BCUT2D eigenvalue weighted by atomic mass is 10.0. The molecule has 1 atom stereocenters. The van der Waals surface area contributed by atoms with Crippen molar-refractivity contribution in [3.8, 4) is 17.2 Å². The van der Waals surface area contributed by atoms with Crippen molar-refractivity contribution in [3.05, 3.63) is 66.1 Å². The molecule has 1 N–H and O–H groups in total. The summed E-state index contributed by atoms with van der Waals surface area (Å²) in [5, 5.41) is 10.6. The molecule has 0 radical (unpaired) electrons. The third kappa shape index (κ3) is 4.34. The molecule has 0 spiro atoms. The molecular weight excluding hydrogens is 342 g/mol. The summed E-state index contributed by atoms with van der Waals surface area (Å²) in [6.45, 7) is 2.04. The van der Waals surface area contributed by atoms with E-state index >= 15 is 0 Å². The van der Waals surface area contributed by atoms with Gasteiger partial charge in [-0.3, -0.25) is 4.79 Å². The summed E-state index contributed by atoms with van der Waals surface area (Å²) in [7, 11) is 0. The van der Waals surface area contributed by atoms with Crippen LogP contribution in [0.2, 0.25) is 0 Å². The lowest BCUT2D eigenvalue weighted by Gasteiger charge is -2.19. The summed E-state index contributed by atoms with van der Waals surface area (Å²) in [6, 6.07) is 15.6. The molecule has 1 saturated carbocycles. The van der Waals surface area contributed by atoms with Crippen molar-refractivity contribution in [1.29, 1.82) is 0 Å². The fourth-order valence-corrected chi connectivity index (χ4v) is 3.03. The van der Waals surface area contributed by atoms with Gasteiger partial charge in [-0.2, -0.15) is 0 Å². The van der Waals surface area contributed by atoms with Gasteiger partial charge < -0.3 is 14.5 Å². The third-order valence-corrected chi connectivity index (χ3v) is 4.68. The van der Waals surface area contributed by atoms with E-state index < -0.39 is 0 Å². The number of aromatic nitrogens is 2. The monoisotopic (exact) mass is 363 g/mol. The van der Waals surface area contributed by atoms with Crippen LogP contribution >= 0.6 is 0 Å². The fourth-order valence-electron chi connectivity index (χ4n) is 3.03. The zero-order valence-corrected chi connectivity index (χ0v) is 15.1. The number of ether oxygens (including phenoxy) is 1. The average Bonchev–Trinajstić information content (AvgIpc) is 3.39. The predicted octanol–water partition coefficient (Wildman–Crippen LogP) is 3.69. The fraction of sp³-hybridized carbons (Fsp3) is 0.286. The second kappa shape index (κ2) is 7.61. The van der Waals surface area contributed by atoms with Crippen LogP contribution < -0.4 is 10.1 Å². The average molecular weight is 363 g/mol. The maximum atomic E-state index is 12.4. The molecule has 4 rings (SSSR count). The zero-order chi connectivity index (χ0) is 18.6. The van der Waals surface area contributed by atoms with Crippen molar-refractivity contribution in [2.45, 2.75) is 25.8 Å². The Bertz CT molecular complexity index is 885. The normalized spacial score (nSPS) is 14.6. The van der Waals surface area contributed by atoms with Gasteiger partial charge >= 0.3 is 0 Å². The number of aryl methyl sites for hydroxylation is 1. The number of nitrogens with one attached hydrogen (secondary N) is 1. The van der Waals surface area contributed by atoms with Gasteiger partial charge in [-0.1, -0.05) is 29.8 Å². The Morgan fingerprint density at radius 1 is 1.19 bits per heavy atom. The van der Waals surface area contributed by atoms with Gasteiger partial charge in [0.2, 0.25) is 12.3 Å². The van der Waals surface area contributed by atoms with Crippen LogP contribution in [0, 0.1) is 12.8 Å². The first kappa shape index (κ1) is 17.3. The van der Waals surface area contributed by atoms with Gasteiger partial charge in [0, 0.05) is 5.56 Å². The van der Waals surface area contributed by atoms with E-state index in [1.807, 2.05) is 12.1 Å². The Hall–Kier alpha value is -3.15. The van der Waals surface area contributed by atoms with E-state index in [1.165, 1.54) is 12.0 Å². The molecule has 0 aliphatic heterocycles. The van der Waals surface area contributed by atoms with Crippen LogP contribution in [0.4, 0.5) is 0 Å². The van der Waals surface area contributed by atoms with Crippen molar-refractivity contribution < 1.29 is 13.9 Å². The number of amides is 1. The molecule has 138 valence electrons. The topological polar surface area (TPSA) is 77.2 Å². The third-order valence-electron chi connectivity index (χ3n) is 4.68. The lowest BCUT2D eigenvalue weighted by Crippen LogP contribution is -2.33. The Labute approximate surface area is 157 Å². The lowest BCUT2D eigenvalue weighted by molar-refractivity contribution is -0.124. The van der Waals surface area contributed by atoms with Gasteiger partial charge in [-0.15, -0.1) is 10.2 Å². The molecule has 0 bridgehead atoms. The number of rotatable bonds is 7. The first-order valence-electron chi connectivity index (χ1n) is 9.04. The minimum atomic E-state index is -0.117. The molecule has 1 aliphatic rings. The highest BCUT2D eigenvalue weighted by Gasteiger charge is 2.33. The molecule has 3 aromatic rings. The van der Waals surface area contributed by atoms with E-state index in [1.54, 1.807) is 12.1 Å². The molecule has 0 saturated heterocycles. The van der Waals surface area contributed by atoms with Crippen LogP contribution in [0.25, 0.3) is 11.5 Å². The summed E-state index contributed by atoms with van der Waals surface area (Å²) in [5.41, 5.74) is 3.17. The van der Waals surface area contributed by atoms with Crippen LogP contribution in [0.5, 0.6) is 5.75 Å². The summed E-state index contributed by atoms with van der Waals surface area (Å²) < 4.78 is 10.8. The standard InChI is InChI=1S/C21H21N3O3/c1-14-2-4-15(5-3-14)20(16-6-7-16)23-19(25)12-26-18-10-8-17(9-11-18)21-24-22-13-27-21/h2-5,8-11,13,16,20H,6-7,12H2,1H3,(H,23,25). The number of hydrogen-bond acceptors (Lipinski definition) is 5. The van der Waals surface area contributed by atoms with E-state index in [-0.39, 0.29) is 18.6 Å². The van der Waals surface area contributed by atoms with Crippen molar-refractivity contribution in [2.75, 3.05) is 6.61 Å². The maximum absolute atomic E-state index is 12.4. The summed E-state index contributed by atoms with van der Waals surface area (Å²) >= 11 is 0. The second-order valence-corrected chi connectivity index (χ2v) is 6.85. The minimum Gasteiger partial charge on any atom is -0.484 e. The first-order valence-corrected chi connectivity index (χ1v) is 9.04. The van der Waals surface area contributed by atoms with Gasteiger partial charge in [-0.25, -0.2) is 0 Å². The highest BCUT2D eigenvalue weighted by atomic mass is 16.5. The van der Waals surface area contributed by atoms with Crippen LogP contribution in [0.3, 0.4) is 0 Å². The van der Waals surface area contributed by atoms with Gasteiger partial charge in [0.25, 0.3) is 5.91 Å². The van der Waals surface area contributed by atoms with Gasteiger partial charge in [0.1, 0.15) is 5.75 Å². The Kier molecular flexibility index (Phi) is 4.87. The van der Waals surface area contributed by atoms with Crippen LogP contribution in [-0.4, -0.2) is 22.7 Å². The highest BCUT2D eigenvalue weighted by Crippen LogP contribution is 2.41. The maximum Gasteiger partial charge on any atom is 0.258 e. The molecule has 6 nitrogen and oxygen atoms in total. The molecule has 1 heterocycles. The molecule has 1 fully saturated rings. The van der Waals surface area contributed by atoms with Crippen LogP contribution in [0.15, 0.2) is 59.3 Å². The van der Waals surface area contributed by atoms with Crippen LogP contribution in [-0.2, 0) is 4.79 Å². The highest BCUT2D eigenvalue weighted by molar-refractivity contribution is 5.78.